The first-order valence-electron chi connectivity index (χ1n) is 8.78. The highest BCUT2D eigenvalue weighted by molar-refractivity contribution is 7.20. The van der Waals surface area contributed by atoms with Crippen LogP contribution in [0.4, 0.5) is 5.95 Å². The van der Waals surface area contributed by atoms with Gasteiger partial charge in [-0.25, -0.2) is 9.97 Å². The fraction of sp³-hybridized carbons (Fsp3) is 0.368. The molecule has 0 unspecified atom stereocenters. The number of anilines is 1. The molecule has 0 aliphatic rings. The number of hydrogen-bond acceptors (Lipinski definition) is 6. The number of aryl methyl sites for hydroxylation is 2. The molecule has 2 heterocycles. The highest BCUT2D eigenvalue weighted by Gasteiger charge is 2.16. The number of carbonyl (C=O) groups excluding carboxylic acids is 2. The summed E-state index contributed by atoms with van der Waals surface area (Å²) in [6.07, 6.45) is 3.51. The maximum Gasteiger partial charge on any atom is 0.307 e. The lowest BCUT2D eigenvalue weighted by Gasteiger charge is -2.09. The van der Waals surface area contributed by atoms with Crippen molar-refractivity contribution in [1.82, 2.24) is 14.5 Å². The van der Waals surface area contributed by atoms with E-state index in [1.165, 1.54) is 11.3 Å². The van der Waals surface area contributed by atoms with Gasteiger partial charge in [0.2, 0.25) is 5.95 Å². The quantitative estimate of drug-likeness (QED) is 0.627. The van der Waals surface area contributed by atoms with Crippen molar-refractivity contribution in [3.05, 3.63) is 41.2 Å². The van der Waals surface area contributed by atoms with E-state index in [0.717, 1.165) is 15.8 Å². The summed E-state index contributed by atoms with van der Waals surface area (Å²) in [6, 6.07) is 5.86. The topological polar surface area (TPSA) is 86.1 Å². The molecule has 2 aromatic heterocycles. The highest BCUT2D eigenvalue weighted by atomic mass is 32.1. The number of amides is 1. The molecular weight excluding hydrogens is 364 g/mol. The number of nitrogens with one attached hydrogen (secondary N) is 1. The third kappa shape index (κ3) is 4.71. The molecule has 1 aromatic carbocycles. The molecule has 0 saturated carbocycles. The minimum absolute atomic E-state index is 0.215. The summed E-state index contributed by atoms with van der Waals surface area (Å²) < 4.78 is 7.85. The van der Waals surface area contributed by atoms with Gasteiger partial charge >= 0.3 is 5.97 Å². The zero-order chi connectivity index (χ0) is 19.4. The molecule has 0 saturated heterocycles. The first kappa shape index (κ1) is 19.0. The number of hydrogen-bond donors (Lipinski definition) is 1. The van der Waals surface area contributed by atoms with Crippen LogP contribution in [0.2, 0.25) is 0 Å². The summed E-state index contributed by atoms with van der Waals surface area (Å²) in [7, 11) is 0. The van der Waals surface area contributed by atoms with E-state index in [4.69, 9.17) is 4.74 Å². The largest absolute Gasteiger partial charge is 0.465 e. The Kier molecular flexibility index (Phi) is 5.85. The Labute approximate surface area is 161 Å². The molecule has 0 aliphatic carbocycles. The monoisotopic (exact) mass is 386 g/mol. The van der Waals surface area contributed by atoms with Crippen LogP contribution in [-0.2, 0) is 16.1 Å². The van der Waals surface area contributed by atoms with Crippen LogP contribution < -0.4 is 5.32 Å². The second kappa shape index (κ2) is 8.30. The number of ether oxygens (including phenoxy) is 1. The summed E-state index contributed by atoms with van der Waals surface area (Å²) in [5.74, 6) is 0.101. The van der Waals surface area contributed by atoms with Crippen molar-refractivity contribution >= 4 is 39.4 Å². The summed E-state index contributed by atoms with van der Waals surface area (Å²) in [5.41, 5.74) is 1.87. The molecule has 142 valence electrons. The highest BCUT2D eigenvalue weighted by Crippen LogP contribution is 2.25. The Morgan fingerprint density at radius 1 is 1.33 bits per heavy atom. The van der Waals surface area contributed by atoms with Crippen molar-refractivity contribution in [3.8, 4) is 0 Å². The maximum atomic E-state index is 12.6. The summed E-state index contributed by atoms with van der Waals surface area (Å²) >= 11 is 1.34. The van der Waals surface area contributed by atoms with Gasteiger partial charge in [-0.3, -0.25) is 14.9 Å². The summed E-state index contributed by atoms with van der Waals surface area (Å²) in [5, 5.41) is 3.15. The van der Waals surface area contributed by atoms with Crippen molar-refractivity contribution in [1.29, 1.82) is 0 Å². The van der Waals surface area contributed by atoms with Crippen LogP contribution in [0.5, 0.6) is 0 Å². The number of aromatic nitrogens is 3. The second-order valence-corrected chi connectivity index (χ2v) is 7.70. The average Bonchev–Trinajstić information content (AvgIpc) is 3.25. The molecule has 7 nitrogen and oxygen atoms in total. The van der Waals surface area contributed by atoms with E-state index >= 15 is 0 Å². The van der Waals surface area contributed by atoms with Crippen molar-refractivity contribution in [3.63, 3.8) is 0 Å². The number of carbonyl (C=O) groups is 2. The van der Waals surface area contributed by atoms with E-state index in [9.17, 15) is 9.59 Å². The molecule has 1 amide bonds. The Balaban J connectivity index is 1.64. The van der Waals surface area contributed by atoms with Gasteiger partial charge in [0.15, 0.2) is 5.01 Å². The van der Waals surface area contributed by atoms with Crippen LogP contribution in [0.3, 0.4) is 0 Å². The van der Waals surface area contributed by atoms with E-state index < -0.39 is 0 Å². The van der Waals surface area contributed by atoms with E-state index in [-0.39, 0.29) is 18.3 Å². The average molecular weight is 386 g/mol. The van der Waals surface area contributed by atoms with Crippen LogP contribution in [0.15, 0.2) is 30.6 Å². The summed E-state index contributed by atoms with van der Waals surface area (Å²) in [6.45, 7) is 6.73. The predicted octanol–water partition coefficient (Wildman–Crippen LogP) is 3.64. The fourth-order valence-corrected chi connectivity index (χ4v) is 3.43. The van der Waals surface area contributed by atoms with Crippen molar-refractivity contribution in [2.45, 2.75) is 33.7 Å². The van der Waals surface area contributed by atoms with Gasteiger partial charge in [0.25, 0.3) is 5.91 Å². The lowest BCUT2D eigenvalue weighted by molar-refractivity contribution is -0.144. The summed E-state index contributed by atoms with van der Waals surface area (Å²) in [4.78, 5) is 32.9. The third-order valence-electron chi connectivity index (χ3n) is 3.89. The van der Waals surface area contributed by atoms with Crippen molar-refractivity contribution < 1.29 is 14.3 Å². The molecule has 27 heavy (non-hydrogen) atoms. The zero-order valence-corrected chi connectivity index (χ0v) is 16.4. The van der Waals surface area contributed by atoms with Crippen LogP contribution in [-0.4, -0.2) is 33.0 Å². The Hall–Kier alpha value is -2.74. The molecule has 3 rings (SSSR count). The SMILES string of the molecule is Cc1cccc2sc(C(=O)Nc3nccn3CCC(=O)OCC(C)C)nc12. The number of fused-ring (bicyclic) bond motifs is 1. The maximum absolute atomic E-state index is 12.6. The molecule has 0 fully saturated rings. The molecular formula is C19H22N4O3S. The Morgan fingerprint density at radius 3 is 2.89 bits per heavy atom. The van der Waals surface area contributed by atoms with Crippen LogP contribution in [0, 0.1) is 12.8 Å². The first-order valence-corrected chi connectivity index (χ1v) is 9.60. The third-order valence-corrected chi connectivity index (χ3v) is 4.91. The van der Waals surface area contributed by atoms with Gasteiger partial charge in [-0.1, -0.05) is 26.0 Å². The van der Waals surface area contributed by atoms with E-state index in [0.29, 0.717) is 30.0 Å². The lowest BCUT2D eigenvalue weighted by Crippen LogP contribution is -2.17. The second-order valence-electron chi connectivity index (χ2n) is 6.67. The number of imidazole rings is 1. The van der Waals surface area contributed by atoms with E-state index in [2.05, 4.69) is 15.3 Å². The van der Waals surface area contributed by atoms with Gasteiger partial charge in [0.05, 0.1) is 23.2 Å². The number of esters is 1. The normalized spacial score (nSPS) is 11.1. The van der Waals surface area contributed by atoms with Crippen LogP contribution >= 0.6 is 11.3 Å². The fourth-order valence-electron chi connectivity index (χ4n) is 2.50. The molecule has 8 heteroatoms. The molecule has 1 N–H and O–H groups in total. The van der Waals surface area contributed by atoms with Gasteiger partial charge in [0, 0.05) is 18.9 Å². The molecule has 0 atom stereocenters. The number of benzene rings is 1. The molecule has 0 spiro atoms. The lowest BCUT2D eigenvalue weighted by atomic mass is 10.2. The van der Waals surface area contributed by atoms with Gasteiger partial charge in [-0.15, -0.1) is 11.3 Å². The number of nitrogens with zero attached hydrogens (tertiary/aromatic N) is 3. The van der Waals surface area contributed by atoms with Crippen LogP contribution in [0.1, 0.15) is 35.6 Å². The van der Waals surface area contributed by atoms with E-state index in [1.807, 2.05) is 39.0 Å². The Bertz CT molecular complexity index is 961. The zero-order valence-electron chi connectivity index (χ0n) is 15.6. The van der Waals surface area contributed by atoms with Gasteiger partial charge in [-0.05, 0) is 24.5 Å². The van der Waals surface area contributed by atoms with Crippen molar-refractivity contribution in [2.24, 2.45) is 5.92 Å². The number of para-hydroxylation sites is 1. The van der Waals surface area contributed by atoms with Gasteiger partial charge in [0.1, 0.15) is 0 Å². The molecule has 0 radical (unpaired) electrons. The smallest absolute Gasteiger partial charge is 0.307 e. The number of thiazole rings is 1. The predicted molar refractivity (Wildman–Crippen MR) is 105 cm³/mol. The first-order chi connectivity index (χ1) is 12.9. The van der Waals surface area contributed by atoms with Crippen molar-refractivity contribution in [2.75, 3.05) is 11.9 Å². The minimum atomic E-state index is -0.314. The molecule has 3 aromatic rings. The Morgan fingerprint density at radius 2 is 2.15 bits per heavy atom. The van der Waals surface area contributed by atoms with Gasteiger partial charge < -0.3 is 9.30 Å². The number of rotatable bonds is 7. The molecule has 0 bridgehead atoms. The van der Waals surface area contributed by atoms with Gasteiger partial charge in [-0.2, -0.15) is 0 Å². The minimum Gasteiger partial charge on any atom is -0.465 e. The van der Waals surface area contributed by atoms with E-state index in [1.54, 1.807) is 17.0 Å². The molecule has 0 aliphatic heterocycles. The standard InChI is InChI=1S/C19H22N4O3S/c1-12(2)11-26-15(24)7-9-23-10-8-20-19(23)22-17(25)18-21-16-13(3)5-4-6-14(16)27-18/h4-6,8,10,12H,7,9,11H2,1-3H3,(H,20,22,25). The van der Waals surface area contributed by atoms with Crippen LogP contribution in [0.25, 0.3) is 10.2 Å².